The number of amides is 2. The first-order valence-corrected chi connectivity index (χ1v) is 10.3. The summed E-state index contributed by atoms with van der Waals surface area (Å²) in [7, 11) is 0. The topological polar surface area (TPSA) is 105 Å². The highest BCUT2D eigenvalue weighted by Crippen LogP contribution is 2.44. The average molecular weight is 424 g/mol. The van der Waals surface area contributed by atoms with Crippen molar-refractivity contribution in [2.45, 2.75) is 38.6 Å². The molecule has 164 valence electrons. The van der Waals surface area contributed by atoms with E-state index in [4.69, 9.17) is 9.84 Å². The van der Waals surface area contributed by atoms with Crippen LogP contribution in [0.1, 0.15) is 44.2 Å². The van der Waals surface area contributed by atoms with Gasteiger partial charge in [-0.15, -0.1) is 0 Å². The number of ether oxygens (including phenoxy) is 1. The highest BCUT2D eigenvalue weighted by atomic mass is 16.5. The normalized spacial score (nSPS) is 13.6. The van der Waals surface area contributed by atoms with Crippen LogP contribution < -0.4 is 10.6 Å². The number of hydrogen-bond donors (Lipinski definition) is 3. The summed E-state index contributed by atoms with van der Waals surface area (Å²) in [6, 6.07) is 16.1. The summed E-state index contributed by atoms with van der Waals surface area (Å²) in [6.45, 7) is 5.10. The van der Waals surface area contributed by atoms with Crippen molar-refractivity contribution in [3.8, 4) is 11.1 Å². The van der Waals surface area contributed by atoms with Crippen LogP contribution in [0.4, 0.5) is 4.79 Å². The number of hydrogen-bond acceptors (Lipinski definition) is 4. The minimum absolute atomic E-state index is 0.0624. The summed E-state index contributed by atoms with van der Waals surface area (Å²) < 4.78 is 5.49. The van der Waals surface area contributed by atoms with Crippen LogP contribution in [-0.2, 0) is 14.3 Å². The van der Waals surface area contributed by atoms with Gasteiger partial charge in [-0.05, 0) is 42.5 Å². The molecule has 7 nitrogen and oxygen atoms in total. The van der Waals surface area contributed by atoms with Gasteiger partial charge >= 0.3 is 12.1 Å². The van der Waals surface area contributed by atoms with Gasteiger partial charge in [-0.2, -0.15) is 0 Å². The number of nitrogens with one attached hydrogen (secondary N) is 2. The highest BCUT2D eigenvalue weighted by Gasteiger charge is 2.32. The van der Waals surface area contributed by atoms with Gasteiger partial charge in [-0.25, -0.2) is 4.79 Å². The quantitative estimate of drug-likeness (QED) is 0.601. The average Bonchev–Trinajstić information content (AvgIpc) is 3.05. The molecule has 3 rings (SSSR count). The second kappa shape index (κ2) is 9.20. The molecule has 2 aromatic rings. The Labute approximate surface area is 181 Å². The summed E-state index contributed by atoms with van der Waals surface area (Å²) in [5.74, 6) is -1.94. The second-order valence-corrected chi connectivity index (χ2v) is 8.36. The monoisotopic (exact) mass is 424 g/mol. The lowest BCUT2D eigenvalue weighted by molar-refractivity contribution is -0.141. The van der Waals surface area contributed by atoms with Gasteiger partial charge in [0.25, 0.3) is 0 Å². The zero-order valence-corrected chi connectivity index (χ0v) is 18.0. The number of alkyl carbamates (subject to hydrolysis) is 1. The lowest BCUT2D eigenvalue weighted by Crippen LogP contribution is -2.55. The van der Waals surface area contributed by atoms with Gasteiger partial charge in [-0.3, -0.25) is 9.59 Å². The summed E-state index contributed by atoms with van der Waals surface area (Å²) in [6.07, 6.45) is -0.372. The molecule has 1 aliphatic rings. The number of rotatable bonds is 8. The molecule has 31 heavy (non-hydrogen) atoms. The SMILES string of the molecule is CC(CCNC(=O)C(C)(C)NC(=O)OCC1c2ccccc2-c2ccccc21)C(=O)O. The van der Waals surface area contributed by atoms with E-state index in [9.17, 15) is 14.4 Å². The fraction of sp³-hybridized carbons (Fsp3) is 0.375. The fourth-order valence-corrected chi connectivity index (χ4v) is 3.69. The molecule has 0 aliphatic heterocycles. The van der Waals surface area contributed by atoms with E-state index in [1.54, 1.807) is 20.8 Å². The largest absolute Gasteiger partial charge is 0.481 e. The minimum atomic E-state index is -1.20. The van der Waals surface area contributed by atoms with Gasteiger partial charge in [0.05, 0.1) is 5.92 Å². The Morgan fingerprint density at radius 2 is 1.58 bits per heavy atom. The van der Waals surface area contributed by atoms with Crippen molar-refractivity contribution in [3.63, 3.8) is 0 Å². The van der Waals surface area contributed by atoms with Gasteiger partial charge in [0.2, 0.25) is 5.91 Å². The molecule has 0 radical (unpaired) electrons. The van der Waals surface area contributed by atoms with Gasteiger partial charge < -0.3 is 20.5 Å². The van der Waals surface area contributed by atoms with Crippen LogP contribution in [-0.4, -0.2) is 41.8 Å². The van der Waals surface area contributed by atoms with Gasteiger partial charge in [0.15, 0.2) is 0 Å². The number of benzene rings is 2. The molecule has 0 saturated carbocycles. The molecule has 7 heteroatoms. The smallest absolute Gasteiger partial charge is 0.408 e. The van der Waals surface area contributed by atoms with Crippen molar-refractivity contribution in [1.29, 1.82) is 0 Å². The molecule has 2 aromatic carbocycles. The molecule has 0 aromatic heterocycles. The van der Waals surface area contributed by atoms with E-state index in [-0.39, 0.29) is 19.1 Å². The number of carbonyl (C=O) groups is 3. The Bertz CT molecular complexity index is 940. The zero-order chi connectivity index (χ0) is 22.6. The Morgan fingerprint density at radius 1 is 1.03 bits per heavy atom. The molecule has 0 bridgehead atoms. The summed E-state index contributed by atoms with van der Waals surface area (Å²) in [5.41, 5.74) is 3.31. The van der Waals surface area contributed by atoms with E-state index >= 15 is 0 Å². The summed E-state index contributed by atoms with van der Waals surface area (Å²) >= 11 is 0. The van der Waals surface area contributed by atoms with Crippen molar-refractivity contribution in [3.05, 3.63) is 59.7 Å². The van der Waals surface area contributed by atoms with E-state index in [0.29, 0.717) is 6.42 Å². The third-order valence-corrected chi connectivity index (χ3v) is 5.61. The number of carbonyl (C=O) groups excluding carboxylic acids is 2. The van der Waals surface area contributed by atoms with Gasteiger partial charge in [0.1, 0.15) is 12.1 Å². The van der Waals surface area contributed by atoms with Crippen LogP contribution in [0.15, 0.2) is 48.5 Å². The van der Waals surface area contributed by atoms with E-state index < -0.39 is 29.4 Å². The van der Waals surface area contributed by atoms with Crippen molar-refractivity contribution in [2.75, 3.05) is 13.2 Å². The molecule has 1 aliphatic carbocycles. The molecule has 1 atom stereocenters. The van der Waals surface area contributed by atoms with E-state index in [0.717, 1.165) is 22.3 Å². The maximum atomic E-state index is 12.4. The van der Waals surface area contributed by atoms with Gasteiger partial charge in [-0.1, -0.05) is 55.5 Å². The molecular formula is C24H28N2O5. The number of carboxylic acid groups (broad SMARTS) is 1. The van der Waals surface area contributed by atoms with Crippen LogP contribution in [0.5, 0.6) is 0 Å². The molecule has 3 N–H and O–H groups in total. The van der Waals surface area contributed by atoms with Crippen molar-refractivity contribution in [2.24, 2.45) is 5.92 Å². The van der Waals surface area contributed by atoms with Crippen LogP contribution in [0.3, 0.4) is 0 Å². The molecule has 0 heterocycles. The molecular weight excluding hydrogens is 396 g/mol. The maximum Gasteiger partial charge on any atom is 0.408 e. The van der Waals surface area contributed by atoms with Crippen LogP contribution in [0.25, 0.3) is 11.1 Å². The second-order valence-electron chi connectivity index (χ2n) is 8.36. The molecule has 0 fully saturated rings. The highest BCUT2D eigenvalue weighted by molar-refractivity contribution is 5.89. The minimum Gasteiger partial charge on any atom is -0.481 e. The first-order chi connectivity index (χ1) is 14.7. The third kappa shape index (κ3) is 5.05. The molecule has 0 spiro atoms. The predicted molar refractivity (Wildman–Crippen MR) is 117 cm³/mol. The first-order valence-electron chi connectivity index (χ1n) is 10.3. The number of aliphatic carboxylic acids is 1. The fourth-order valence-electron chi connectivity index (χ4n) is 3.69. The Balaban J connectivity index is 1.56. The summed E-state index contributed by atoms with van der Waals surface area (Å²) in [5, 5.41) is 14.2. The Morgan fingerprint density at radius 3 is 2.13 bits per heavy atom. The Kier molecular flexibility index (Phi) is 6.63. The Hall–Kier alpha value is -3.35. The standard InChI is InChI=1S/C24H28N2O5/c1-15(21(27)28)12-13-25-22(29)24(2,3)26-23(30)31-14-20-18-10-6-4-8-16(18)17-9-5-7-11-19(17)20/h4-11,15,20H,12-14H2,1-3H3,(H,25,29)(H,26,30)(H,27,28). The maximum absolute atomic E-state index is 12.4. The van der Waals surface area contributed by atoms with E-state index in [1.165, 1.54) is 0 Å². The zero-order valence-electron chi connectivity index (χ0n) is 18.0. The number of carboxylic acids is 1. The lowest BCUT2D eigenvalue weighted by atomic mass is 9.98. The van der Waals surface area contributed by atoms with Gasteiger partial charge in [0, 0.05) is 12.5 Å². The third-order valence-electron chi connectivity index (χ3n) is 5.61. The van der Waals surface area contributed by atoms with Crippen LogP contribution >= 0.6 is 0 Å². The van der Waals surface area contributed by atoms with E-state index in [2.05, 4.69) is 22.8 Å². The predicted octanol–water partition coefficient (Wildman–Crippen LogP) is 3.53. The lowest BCUT2D eigenvalue weighted by Gasteiger charge is -2.25. The molecule has 0 saturated heterocycles. The van der Waals surface area contributed by atoms with Crippen molar-refractivity contribution in [1.82, 2.24) is 10.6 Å². The summed E-state index contributed by atoms with van der Waals surface area (Å²) in [4.78, 5) is 35.7. The first kappa shape index (κ1) is 22.3. The van der Waals surface area contributed by atoms with Crippen molar-refractivity contribution < 1.29 is 24.2 Å². The van der Waals surface area contributed by atoms with Crippen molar-refractivity contribution >= 4 is 18.0 Å². The number of fused-ring (bicyclic) bond motifs is 3. The molecule has 2 amide bonds. The van der Waals surface area contributed by atoms with Crippen LogP contribution in [0, 0.1) is 5.92 Å². The van der Waals surface area contributed by atoms with Crippen LogP contribution in [0.2, 0.25) is 0 Å². The van der Waals surface area contributed by atoms with E-state index in [1.807, 2.05) is 36.4 Å². The molecule has 1 unspecified atom stereocenters.